The number of unbranched alkanes of at least 4 members (excludes halogenated alkanes) is 12. The van der Waals surface area contributed by atoms with Gasteiger partial charge in [0.15, 0.2) is 0 Å². The van der Waals surface area contributed by atoms with Crippen LogP contribution >= 0.6 is 0 Å². The number of nitrogens with zero attached hydrogens (tertiary/aromatic N) is 1. The zero-order valence-electron chi connectivity index (χ0n) is 19.0. The summed E-state index contributed by atoms with van der Waals surface area (Å²) in [6, 6.07) is 5.76. The van der Waals surface area contributed by atoms with E-state index in [-0.39, 0.29) is 12.1 Å². The number of halogens is 1. The van der Waals surface area contributed by atoms with Gasteiger partial charge in [0.2, 0.25) is 0 Å². The van der Waals surface area contributed by atoms with E-state index in [1.54, 1.807) is 6.07 Å². The van der Waals surface area contributed by atoms with Crippen molar-refractivity contribution in [1.82, 2.24) is 4.90 Å². The van der Waals surface area contributed by atoms with Crippen LogP contribution in [0.2, 0.25) is 0 Å². The largest absolute Gasteiger partial charge is 0.464 e. The number of hydrogen-bond acceptors (Lipinski definition) is 3. The molecule has 0 saturated heterocycles. The summed E-state index contributed by atoms with van der Waals surface area (Å²) in [5, 5.41) is 0. The van der Waals surface area contributed by atoms with E-state index in [1.165, 1.54) is 101 Å². The molecule has 0 atom stereocenters. The first-order valence-electron chi connectivity index (χ1n) is 11.7. The molecule has 0 unspecified atom stereocenters. The minimum absolute atomic E-state index is 0.0377. The van der Waals surface area contributed by atoms with Crippen molar-refractivity contribution in [2.75, 3.05) is 20.2 Å². The first kappa shape index (κ1) is 26.1. The van der Waals surface area contributed by atoms with E-state index < -0.39 is 17.7 Å². The smallest absolute Gasteiger partial charge is 0.325 e. The summed E-state index contributed by atoms with van der Waals surface area (Å²) in [4.78, 5) is 25.2. The Bertz CT molecular complexity index is 606. The average molecular weight is 422 g/mol. The van der Waals surface area contributed by atoms with Crippen LogP contribution in [-0.4, -0.2) is 37.0 Å². The Balaban J connectivity index is 1.97. The van der Waals surface area contributed by atoms with Gasteiger partial charge >= 0.3 is 5.97 Å². The number of amides is 1. The van der Waals surface area contributed by atoms with Gasteiger partial charge in [0.25, 0.3) is 5.91 Å². The fourth-order valence-corrected chi connectivity index (χ4v) is 3.46. The van der Waals surface area contributed by atoms with Crippen molar-refractivity contribution >= 4 is 11.9 Å². The second kappa shape index (κ2) is 16.8. The van der Waals surface area contributed by atoms with E-state index in [0.717, 1.165) is 12.8 Å². The van der Waals surface area contributed by atoms with Gasteiger partial charge in [-0.2, -0.15) is 0 Å². The molecule has 0 aliphatic carbocycles. The van der Waals surface area contributed by atoms with Crippen LogP contribution in [0.1, 0.15) is 101 Å². The third kappa shape index (κ3) is 11.9. The normalized spacial score (nSPS) is 10.8. The highest BCUT2D eigenvalue weighted by atomic mass is 19.1. The van der Waals surface area contributed by atoms with Crippen molar-refractivity contribution in [3.8, 4) is 0 Å². The predicted octanol–water partition coefficient (Wildman–Crippen LogP) is 6.53. The van der Waals surface area contributed by atoms with Gasteiger partial charge in [-0.3, -0.25) is 9.59 Å². The number of likely N-dealkylation sites (N-methyl/N-ethyl adjacent to an activating group) is 1. The summed E-state index contributed by atoms with van der Waals surface area (Å²) >= 11 is 0. The first-order chi connectivity index (χ1) is 14.6. The molecular formula is C25H40FNO3. The first-order valence-corrected chi connectivity index (χ1v) is 11.7. The molecule has 0 bridgehead atoms. The second-order valence-electron chi connectivity index (χ2n) is 8.10. The van der Waals surface area contributed by atoms with E-state index >= 15 is 0 Å². The number of carbonyl (C=O) groups excluding carboxylic acids is 2. The summed E-state index contributed by atoms with van der Waals surface area (Å²) in [5.41, 5.74) is -0.0377. The molecule has 4 nitrogen and oxygen atoms in total. The summed E-state index contributed by atoms with van der Waals surface area (Å²) in [7, 11) is 1.47. The quantitative estimate of drug-likeness (QED) is 0.212. The fraction of sp³-hybridized carbons (Fsp3) is 0.680. The lowest BCUT2D eigenvalue weighted by atomic mass is 10.0. The second-order valence-corrected chi connectivity index (χ2v) is 8.10. The van der Waals surface area contributed by atoms with Gasteiger partial charge in [0.05, 0.1) is 12.2 Å². The number of ether oxygens (including phenoxy) is 1. The van der Waals surface area contributed by atoms with Crippen LogP contribution in [0.3, 0.4) is 0 Å². The molecule has 0 N–H and O–H groups in total. The van der Waals surface area contributed by atoms with Gasteiger partial charge in [-0.1, -0.05) is 96.1 Å². The summed E-state index contributed by atoms with van der Waals surface area (Å²) in [5.74, 6) is -1.57. The number of hydrogen-bond donors (Lipinski definition) is 0. The van der Waals surface area contributed by atoms with Crippen LogP contribution in [0.25, 0.3) is 0 Å². The summed E-state index contributed by atoms with van der Waals surface area (Å²) in [6.45, 7) is 2.45. The lowest BCUT2D eigenvalue weighted by Gasteiger charge is -2.16. The van der Waals surface area contributed by atoms with E-state index in [1.807, 2.05) is 0 Å². The number of benzene rings is 1. The molecule has 1 rings (SSSR count). The molecule has 1 amide bonds. The Morgan fingerprint density at radius 1 is 0.833 bits per heavy atom. The summed E-state index contributed by atoms with van der Waals surface area (Å²) in [6.07, 6.45) is 16.5. The lowest BCUT2D eigenvalue weighted by Crippen LogP contribution is -2.33. The van der Waals surface area contributed by atoms with Gasteiger partial charge in [0.1, 0.15) is 12.4 Å². The molecule has 1 aromatic carbocycles. The number of rotatable bonds is 17. The molecule has 1 aromatic rings. The fourth-order valence-electron chi connectivity index (χ4n) is 3.46. The van der Waals surface area contributed by atoms with Crippen molar-refractivity contribution < 1.29 is 18.7 Å². The molecular weight excluding hydrogens is 381 g/mol. The maximum absolute atomic E-state index is 13.7. The molecule has 0 heterocycles. The highest BCUT2D eigenvalue weighted by Gasteiger charge is 2.18. The van der Waals surface area contributed by atoms with Crippen LogP contribution in [-0.2, 0) is 9.53 Å². The Morgan fingerprint density at radius 2 is 1.33 bits per heavy atom. The van der Waals surface area contributed by atoms with Crippen LogP contribution < -0.4 is 0 Å². The third-order valence-electron chi connectivity index (χ3n) is 5.33. The Morgan fingerprint density at radius 3 is 1.87 bits per heavy atom. The topological polar surface area (TPSA) is 46.6 Å². The average Bonchev–Trinajstić information content (AvgIpc) is 2.73. The van der Waals surface area contributed by atoms with Gasteiger partial charge in [-0.05, 0) is 18.6 Å². The maximum Gasteiger partial charge on any atom is 0.325 e. The minimum atomic E-state index is -0.588. The molecule has 0 aliphatic rings. The van der Waals surface area contributed by atoms with E-state index in [4.69, 9.17) is 4.74 Å². The van der Waals surface area contributed by atoms with E-state index in [0.29, 0.717) is 6.61 Å². The molecule has 170 valence electrons. The Labute approximate surface area is 182 Å². The van der Waals surface area contributed by atoms with Gasteiger partial charge in [-0.15, -0.1) is 0 Å². The van der Waals surface area contributed by atoms with Gasteiger partial charge in [-0.25, -0.2) is 4.39 Å². The minimum Gasteiger partial charge on any atom is -0.464 e. The van der Waals surface area contributed by atoms with Crippen molar-refractivity contribution in [1.29, 1.82) is 0 Å². The summed E-state index contributed by atoms with van der Waals surface area (Å²) < 4.78 is 18.9. The zero-order valence-corrected chi connectivity index (χ0v) is 19.0. The van der Waals surface area contributed by atoms with Crippen LogP contribution in [0.5, 0.6) is 0 Å². The highest BCUT2D eigenvalue weighted by Crippen LogP contribution is 2.13. The van der Waals surface area contributed by atoms with Crippen molar-refractivity contribution in [2.24, 2.45) is 0 Å². The molecule has 0 aromatic heterocycles. The van der Waals surface area contributed by atoms with Crippen LogP contribution in [0.4, 0.5) is 4.39 Å². The molecule has 0 spiro atoms. The van der Waals surface area contributed by atoms with Crippen molar-refractivity contribution in [2.45, 2.75) is 90.4 Å². The van der Waals surface area contributed by atoms with Crippen molar-refractivity contribution in [3.05, 3.63) is 35.6 Å². The molecule has 0 aliphatic heterocycles. The lowest BCUT2D eigenvalue weighted by molar-refractivity contribution is -0.144. The monoisotopic (exact) mass is 421 g/mol. The van der Waals surface area contributed by atoms with E-state index in [2.05, 4.69) is 6.92 Å². The molecule has 5 heteroatoms. The van der Waals surface area contributed by atoms with Gasteiger partial charge in [0, 0.05) is 7.05 Å². The van der Waals surface area contributed by atoms with Crippen LogP contribution in [0.15, 0.2) is 24.3 Å². The maximum atomic E-state index is 13.7. The standard InChI is InChI=1S/C25H40FNO3/c1-3-4-5-6-7-8-9-10-11-12-13-14-17-20-30-24(28)21-27(2)25(29)22-18-15-16-19-23(22)26/h15-16,18-19H,3-14,17,20-21H2,1-2H3. The van der Waals surface area contributed by atoms with Gasteiger partial charge < -0.3 is 9.64 Å². The third-order valence-corrected chi connectivity index (χ3v) is 5.33. The Kier molecular flexibility index (Phi) is 14.7. The zero-order chi connectivity index (χ0) is 22.0. The molecule has 0 fully saturated rings. The van der Waals surface area contributed by atoms with Crippen LogP contribution in [0, 0.1) is 5.82 Å². The molecule has 0 radical (unpaired) electrons. The van der Waals surface area contributed by atoms with E-state index in [9.17, 15) is 14.0 Å². The number of carbonyl (C=O) groups is 2. The number of esters is 1. The predicted molar refractivity (Wildman–Crippen MR) is 120 cm³/mol. The molecule has 0 saturated carbocycles. The molecule has 30 heavy (non-hydrogen) atoms. The SMILES string of the molecule is CCCCCCCCCCCCCCCOC(=O)CN(C)C(=O)c1ccccc1F. The van der Waals surface area contributed by atoms with Crippen molar-refractivity contribution in [3.63, 3.8) is 0 Å². The highest BCUT2D eigenvalue weighted by molar-refractivity contribution is 5.96. The Hall–Kier alpha value is -1.91.